The van der Waals surface area contributed by atoms with Crippen LogP contribution in [0.2, 0.25) is 0 Å². The molecule has 13 atom stereocenters. The van der Waals surface area contributed by atoms with Gasteiger partial charge in [0.2, 0.25) is 59.1 Å². The number of rotatable bonds is 27. The predicted molar refractivity (Wildman–Crippen MR) is 374 cm³/mol. The lowest BCUT2D eigenvalue weighted by Gasteiger charge is -2.41. The van der Waals surface area contributed by atoms with Gasteiger partial charge in [-0.25, -0.2) is 9.59 Å². The van der Waals surface area contributed by atoms with E-state index in [-0.39, 0.29) is 105 Å². The number of hydrogen-bond donors (Lipinski definition) is 11. The summed E-state index contributed by atoms with van der Waals surface area (Å²) in [6, 6.07) is -6.63. The zero-order chi connectivity index (χ0) is 77.5. The Kier molecular flexibility index (Phi) is 37.4. The maximum Gasteiger partial charge on any atom is 0.328 e. The third-order valence-corrected chi connectivity index (χ3v) is 17.6. The van der Waals surface area contributed by atoms with Crippen LogP contribution < -0.4 is 47.3 Å². The molecule has 2 unspecified atom stereocenters. The van der Waals surface area contributed by atoms with E-state index in [2.05, 4.69) is 49.1 Å². The van der Waals surface area contributed by atoms with Crippen molar-refractivity contribution in [3.05, 3.63) is 60.4 Å². The van der Waals surface area contributed by atoms with E-state index in [0.717, 1.165) is 12.2 Å². The number of fused-ring (bicyclic) bond motifs is 1. The first kappa shape index (κ1) is 88.0. The molecule has 1 aromatic rings. The second-order valence-electron chi connectivity index (χ2n) is 26.4. The first-order valence-corrected chi connectivity index (χ1v) is 34.4. The van der Waals surface area contributed by atoms with Gasteiger partial charge in [-0.2, -0.15) is 0 Å². The number of hydrogen-bond acceptors (Lipinski definition) is 21. The van der Waals surface area contributed by atoms with Crippen LogP contribution in [0.5, 0.6) is 5.75 Å². The minimum Gasteiger partial charge on any atom is -0.509 e. The fourth-order valence-corrected chi connectivity index (χ4v) is 12.0. The van der Waals surface area contributed by atoms with E-state index in [1.165, 1.54) is 53.2 Å². The monoisotopic (exact) mass is 1450 g/mol. The van der Waals surface area contributed by atoms with E-state index >= 15 is 0 Å². The molecule has 10 amide bonds. The zero-order valence-electron chi connectivity index (χ0n) is 61.5. The molecule has 0 aliphatic carbocycles. The number of likely N-dealkylation sites (tertiary alicyclic amines) is 1. The number of aliphatic hydroxyl groups is 1. The number of aliphatic hydroxyl groups excluding tert-OH is 1. The number of Topliss-reactive ketones (excluding diaryl/α,β-unsaturated/α-hetero) is 1. The van der Waals surface area contributed by atoms with Crippen LogP contribution in [0.25, 0.3) is 0 Å². The van der Waals surface area contributed by atoms with Crippen LogP contribution in [0.15, 0.2) is 54.8 Å². The van der Waals surface area contributed by atoms with Gasteiger partial charge < -0.3 is 91.3 Å². The molecular weight excluding hydrogens is 1350 g/mol. The van der Waals surface area contributed by atoms with Crippen LogP contribution in [0.3, 0.4) is 0 Å². The topological polar surface area (TPSA) is 452 Å². The summed E-state index contributed by atoms with van der Waals surface area (Å²) in [4.78, 5) is 193. The summed E-state index contributed by atoms with van der Waals surface area (Å²) in [7, 11) is 8.09. The number of anilines is 1. The molecule has 33 heteroatoms. The Bertz CT molecular complexity index is 3200. The van der Waals surface area contributed by atoms with Gasteiger partial charge in [0, 0.05) is 78.5 Å². The van der Waals surface area contributed by atoms with Gasteiger partial charge in [0.05, 0.1) is 74.6 Å². The summed E-state index contributed by atoms with van der Waals surface area (Å²) >= 11 is 0. The lowest BCUT2D eigenvalue weighted by molar-refractivity contribution is -0.148. The van der Waals surface area contributed by atoms with E-state index in [1.807, 2.05) is 41.5 Å². The number of methoxy groups -OCH3 is 2. The lowest BCUT2D eigenvalue weighted by atomic mass is 9.89. The molecule has 1 fully saturated rings. The van der Waals surface area contributed by atoms with Gasteiger partial charge in [-0.3, -0.25) is 62.4 Å². The highest BCUT2D eigenvalue weighted by Crippen LogP contribution is 2.31. The van der Waals surface area contributed by atoms with E-state index in [0.29, 0.717) is 38.0 Å². The summed E-state index contributed by atoms with van der Waals surface area (Å²) in [5.74, 6) is -14.4. The summed E-state index contributed by atoms with van der Waals surface area (Å²) in [5, 5.41) is 49.4. The molecular formula is C70H107N11O22. The van der Waals surface area contributed by atoms with Gasteiger partial charge >= 0.3 is 17.9 Å². The third kappa shape index (κ3) is 28.5. The highest BCUT2D eigenvalue weighted by atomic mass is 16.5. The SMILES string of the molecule is C=C(O)/C=C\C(=O)NC1C(=O)NCCOCCC(=O)Oc2ccc(C[C@H](NC(=O)[C@H](C)[C@@H](OC)[C@@H]3CCCN3C(=O)C[C@@H](OC)[C@H]([C@@H](C)CC)N(C)C(=O)[C@@H](NC(=O)[C@H](C(C)C)N(C)C)C(C)C)C(=O)O)cc2NC(=O)[C@H](C)NC(=O)[C@H](C)NC(=O)CCOCCCC(=O)C1NC(=O)/C=C\C(=O)O. The van der Waals surface area contributed by atoms with Crippen LogP contribution in [0.4, 0.5) is 5.69 Å². The van der Waals surface area contributed by atoms with Crippen molar-refractivity contribution in [2.24, 2.45) is 23.7 Å². The molecule has 1 saturated heterocycles. The number of amides is 10. The molecule has 0 radical (unpaired) electrons. The molecule has 2 heterocycles. The van der Waals surface area contributed by atoms with Gasteiger partial charge in [0.15, 0.2) is 11.5 Å². The minimum absolute atomic E-state index is 0.0485. The molecule has 574 valence electrons. The molecule has 3 rings (SSSR count). The number of carbonyl (C=O) groups excluding carboxylic acids is 12. The number of carboxylic acid groups (broad SMARTS) is 2. The van der Waals surface area contributed by atoms with Crippen molar-refractivity contribution in [1.29, 1.82) is 0 Å². The average molecular weight is 1450 g/mol. The standard InChI is InChI=1S/C70H107N11O22/c1-16-40(6)62(80(13)69(96)58(38(2)3)78-68(95)61(39(4)5)79(11)12)51(99-14)37-55(87)81-30-17-19-48(81)63(100-15)42(8)64(91)75-47(70(97)98)36-45-22-23-50-46(35-45)74-66(93)44(10)73-65(92)43(9)72-54(86)27-32-101-31-18-20-49(83)59(76-53(85)25-26-56(88)89)60(77-52(84)24-21-41(7)82)67(94)71-29-34-102-33-28-57(90)103-50/h21-26,35,38-40,42-44,47-48,51,58-63,82H,7,16-20,27-34,36-37H2,1-6,8-15H3,(H,71,94)(H,72,86)(H,73,92)(H,74,93)(H,75,91)(H,76,85)(H,77,84)(H,78,95)(H,88,89)(H,97,98)/b24-21-,26-25-/t40-,42+,43-,44-,47-,48-,51+,58-,59?,60?,61-,62-,63+/m0/s1. The second-order valence-corrected chi connectivity index (χ2v) is 26.4. The largest absolute Gasteiger partial charge is 0.509 e. The minimum atomic E-state index is -1.88. The number of nitrogens with zero attached hydrogens (tertiary/aromatic N) is 3. The number of likely N-dealkylation sites (N-methyl/N-ethyl adjacent to an activating group) is 2. The molecule has 1 aromatic carbocycles. The van der Waals surface area contributed by atoms with E-state index < -0.39 is 163 Å². The van der Waals surface area contributed by atoms with Gasteiger partial charge in [-0.05, 0) is 88.7 Å². The number of esters is 1. The fourth-order valence-electron chi connectivity index (χ4n) is 12.0. The number of ether oxygens (including phenoxy) is 5. The van der Waals surface area contributed by atoms with E-state index in [1.54, 1.807) is 35.8 Å². The average Bonchev–Trinajstić information content (AvgIpc) is 1.80. The van der Waals surface area contributed by atoms with Crippen LogP contribution in [-0.2, 0) is 92.5 Å². The van der Waals surface area contributed by atoms with E-state index in [9.17, 15) is 77.3 Å². The maximum absolute atomic E-state index is 14.6. The second kappa shape index (κ2) is 43.7. The van der Waals surface area contributed by atoms with Crippen molar-refractivity contribution in [1.82, 2.24) is 51.9 Å². The van der Waals surface area contributed by atoms with Crippen LogP contribution in [-0.4, -0.2) is 254 Å². The molecule has 0 aromatic heterocycles. The van der Waals surface area contributed by atoms with Crippen molar-refractivity contribution >= 4 is 88.5 Å². The number of allylic oxidation sites excluding steroid dienone is 1. The molecule has 103 heavy (non-hydrogen) atoms. The Morgan fingerprint density at radius 3 is 1.96 bits per heavy atom. The summed E-state index contributed by atoms with van der Waals surface area (Å²) < 4.78 is 28.8. The number of nitrogens with one attached hydrogen (secondary N) is 8. The number of carbonyl (C=O) groups is 14. The molecule has 0 saturated carbocycles. The Balaban J connectivity index is 1.92. The Morgan fingerprint density at radius 2 is 1.37 bits per heavy atom. The van der Waals surface area contributed by atoms with Crippen LogP contribution in [0.1, 0.15) is 119 Å². The molecule has 0 bridgehead atoms. The quantitative estimate of drug-likeness (QED) is 0.0191. The van der Waals surface area contributed by atoms with Gasteiger partial charge in [-0.15, -0.1) is 0 Å². The first-order chi connectivity index (χ1) is 48.5. The Morgan fingerprint density at radius 1 is 0.738 bits per heavy atom. The molecule has 2 aliphatic rings. The maximum atomic E-state index is 14.6. The van der Waals surface area contributed by atoms with Crippen molar-refractivity contribution in [3.8, 4) is 5.75 Å². The fraction of sp³-hybridized carbons (Fsp3) is 0.629. The number of aliphatic carboxylic acids is 2. The third-order valence-electron chi connectivity index (χ3n) is 17.6. The number of benzene rings is 1. The van der Waals surface area contributed by atoms with Gasteiger partial charge in [0.1, 0.15) is 42.0 Å². The van der Waals surface area contributed by atoms with Crippen molar-refractivity contribution in [2.75, 3.05) is 80.2 Å². The Hall–Kier alpha value is -9.18. The van der Waals surface area contributed by atoms with Crippen LogP contribution >= 0.6 is 0 Å². The molecule has 0 spiro atoms. The normalized spacial score (nSPS) is 21.5. The smallest absolute Gasteiger partial charge is 0.328 e. The highest BCUT2D eigenvalue weighted by Gasteiger charge is 2.44. The van der Waals surface area contributed by atoms with Crippen molar-refractivity contribution in [3.63, 3.8) is 0 Å². The van der Waals surface area contributed by atoms with E-state index in [4.69, 9.17) is 28.8 Å². The predicted octanol–water partition coefficient (Wildman–Crippen LogP) is 0.830. The summed E-state index contributed by atoms with van der Waals surface area (Å²) in [6.45, 7) is 17.9. The van der Waals surface area contributed by atoms with Gasteiger partial charge in [0.25, 0.3) is 0 Å². The highest BCUT2D eigenvalue weighted by molar-refractivity contribution is 6.03. The summed E-state index contributed by atoms with van der Waals surface area (Å²) in [5.41, 5.74) is -0.00633. The number of ketones is 1. The van der Waals surface area contributed by atoms with Crippen molar-refractivity contribution in [2.45, 2.75) is 187 Å². The Labute approximate surface area is 601 Å². The molecule has 2 aliphatic heterocycles. The molecule has 11 N–H and O–H groups in total. The summed E-state index contributed by atoms with van der Waals surface area (Å²) in [6.07, 6.45) is 0.736. The zero-order valence-corrected chi connectivity index (χ0v) is 61.5. The van der Waals surface area contributed by atoms with Crippen LogP contribution in [0, 0.1) is 23.7 Å². The first-order valence-electron chi connectivity index (χ1n) is 34.4. The van der Waals surface area contributed by atoms with Crippen molar-refractivity contribution < 1.29 is 106 Å². The lowest BCUT2D eigenvalue weighted by Crippen LogP contribution is -2.61. The van der Waals surface area contributed by atoms with Gasteiger partial charge in [-0.1, -0.05) is 67.5 Å². The number of carboxylic acids is 2. The molecule has 33 nitrogen and oxygen atoms in total.